The molecule has 0 atom stereocenters. The molecule has 9 heteroatoms. The van der Waals surface area contributed by atoms with Crippen LogP contribution in [0.1, 0.15) is 42.6 Å². The molecule has 1 aliphatic rings. The summed E-state index contributed by atoms with van der Waals surface area (Å²) in [5.74, 6) is -0.723. The fraction of sp³-hybridized carbons (Fsp3) is 0.370. The zero-order valence-electron chi connectivity index (χ0n) is 20.5. The molecule has 1 saturated heterocycles. The van der Waals surface area contributed by atoms with Crippen LogP contribution < -0.4 is 15.5 Å². The number of carbonyl (C=O) groups excluding carboxylic acids is 2. The Morgan fingerprint density at radius 1 is 1.14 bits per heavy atom. The largest absolute Gasteiger partial charge is 0.395 e. The third kappa shape index (κ3) is 6.29. The number of aliphatic hydroxyl groups is 2. The molecule has 0 unspecified atom stereocenters. The first-order chi connectivity index (χ1) is 17.2. The molecule has 3 aromatic rings. The van der Waals surface area contributed by atoms with Gasteiger partial charge in [-0.3, -0.25) is 9.59 Å². The van der Waals surface area contributed by atoms with Gasteiger partial charge in [-0.15, -0.1) is 11.3 Å². The zero-order chi connectivity index (χ0) is 25.7. The third-order valence-electron chi connectivity index (χ3n) is 6.43. The van der Waals surface area contributed by atoms with Crippen molar-refractivity contribution in [1.29, 1.82) is 0 Å². The van der Waals surface area contributed by atoms with Gasteiger partial charge in [0.05, 0.1) is 24.9 Å². The lowest BCUT2D eigenvalue weighted by Gasteiger charge is -2.31. The van der Waals surface area contributed by atoms with Gasteiger partial charge in [-0.25, -0.2) is 4.98 Å². The van der Waals surface area contributed by atoms with Crippen LogP contribution in [0.25, 0.3) is 11.3 Å². The number of carbonyl (C=O) groups is 2. The number of piperidine rings is 1. The normalized spacial score (nSPS) is 14.5. The Kier molecular flexibility index (Phi) is 8.03. The number of rotatable bonds is 8. The number of hydrogen-bond acceptors (Lipinski definition) is 7. The van der Waals surface area contributed by atoms with Crippen LogP contribution in [0, 0.1) is 0 Å². The molecule has 0 saturated carbocycles. The van der Waals surface area contributed by atoms with Gasteiger partial charge in [-0.2, -0.15) is 0 Å². The van der Waals surface area contributed by atoms with Gasteiger partial charge in [0.25, 0.3) is 5.91 Å². The molecule has 2 aromatic carbocycles. The Labute approximate surface area is 215 Å². The standard InChI is InChI=1S/C27H32N4O4S/c1-27(2,17-32)20-7-3-6-19(13-20)25(35)28-15-24(34)30-26-29-23(16-36-26)18-5-4-8-21(14-18)31-11-9-22(33)10-12-31/h3-8,13-14,16,22,32-33H,9-12,15,17H2,1-2H3,(H,28,35)(H,29,30,34). The minimum atomic E-state index is -0.466. The van der Waals surface area contributed by atoms with Crippen molar-refractivity contribution in [1.82, 2.24) is 10.3 Å². The predicted molar refractivity (Wildman–Crippen MR) is 143 cm³/mol. The van der Waals surface area contributed by atoms with Gasteiger partial charge in [0, 0.05) is 40.7 Å². The second-order valence-corrected chi connectivity index (χ2v) is 10.5. The third-order valence-corrected chi connectivity index (χ3v) is 7.19. The Hall–Kier alpha value is -3.27. The monoisotopic (exact) mass is 508 g/mol. The lowest BCUT2D eigenvalue weighted by Crippen LogP contribution is -2.35. The van der Waals surface area contributed by atoms with Crippen LogP contribution in [0.2, 0.25) is 0 Å². The Morgan fingerprint density at radius 3 is 2.64 bits per heavy atom. The molecule has 2 heterocycles. The van der Waals surface area contributed by atoms with E-state index in [4.69, 9.17) is 0 Å². The first kappa shape index (κ1) is 25.8. The fourth-order valence-corrected chi connectivity index (χ4v) is 4.78. The summed E-state index contributed by atoms with van der Waals surface area (Å²) in [6.07, 6.45) is 1.31. The second-order valence-electron chi connectivity index (χ2n) is 9.66. The average Bonchev–Trinajstić information content (AvgIpc) is 3.36. The lowest BCUT2D eigenvalue weighted by molar-refractivity contribution is -0.115. The molecule has 2 amide bonds. The summed E-state index contributed by atoms with van der Waals surface area (Å²) in [6.45, 7) is 5.21. The van der Waals surface area contributed by atoms with Gasteiger partial charge in [0.15, 0.2) is 5.13 Å². The highest BCUT2D eigenvalue weighted by atomic mass is 32.1. The number of hydrogen-bond donors (Lipinski definition) is 4. The number of aromatic nitrogens is 1. The van der Waals surface area contributed by atoms with Crippen molar-refractivity contribution < 1.29 is 19.8 Å². The smallest absolute Gasteiger partial charge is 0.251 e. The lowest BCUT2D eigenvalue weighted by atomic mass is 9.85. The van der Waals surface area contributed by atoms with Crippen molar-refractivity contribution >= 4 is 34.0 Å². The van der Waals surface area contributed by atoms with Gasteiger partial charge in [-0.1, -0.05) is 38.1 Å². The van der Waals surface area contributed by atoms with Crippen molar-refractivity contribution in [2.45, 2.75) is 38.2 Å². The predicted octanol–water partition coefficient (Wildman–Crippen LogP) is 3.41. The maximum absolute atomic E-state index is 12.6. The van der Waals surface area contributed by atoms with E-state index in [2.05, 4.69) is 32.7 Å². The van der Waals surface area contributed by atoms with E-state index in [9.17, 15) is 19.8 Å². The molecule has 0 aliphatic carbocycles. The van der Waals surface area contributed by atoms with E-state index >= 15 is 0 Å². The van der Waals surface area contributed by atoms with E-state index in [1.807, 2.05) is 37.4 Å². The highest BCUT2D eigenvalue weighted by Gasteiger charge is 2.21. The summed E-state index contributed by atoms with van der Waals surface area (Å²) in [4.78, 5) is 31.8. The summed E-state index contributed by atoms with van der Waals surface area (Å²) in [6, 6.07) is 15.1. The van der Waals surface area contributed by atoms with Gasteiger partial charge in [0.1, 0.15) is 0 Å². The van der Waals surface area contributed by atoms with Crippen molar-refractivity contribution in [2.24, 2.45) is 0 Å². The number of thiazole rings is 1. The molecule has 0 spiro atoms. The maximum Gasteiger partial charge on any atom is 0.251 e. The van der Waals surface area contributed by atoms with Gasteiger partial charge in [0.2, 0.25) is 5.91 Å². The molecule has 36 heavy (non-hydrogen) atoms. The minimum absolute atomic E-state index is 0.0387. The number of amides is 2. The highest BCUT2D eigenvalue weighted by molar-refractivity contribution is 7.14. The van der Waals surface area contributed by atoms with Crippen LogP contribution in [0.15, 0.2) is 53.9 Å². The number of anilines is 2. The first-order valence-corrected chi connectivity index (χ1v) is 12.9. The van der Waals surface area contributed by atoms with Crippen LogP contribution in [-0.4, -0.2) is 59.4 Å². The number of nitrogens with one attached hydrogen (secondary N) is 2. The first-order valence-electron chi connectivity index (χ1n) is 12.0. The van der Waals surface area contributed by atoms with Crippen LogP contribution in [0.3, 0.4) is 0 Å². The SMILES string of the molecule is CC(C)(CO)c1cccc(C(=O)NCC(=O)Nc2nc(-c3cccc(N4CCC(O)CC4)c3)cs2)c1. The van der Waals surface area contributed by atoms with Gasteiger partial charge in [-0.05, 0) is 42.7 Å². The van der Waals surface area contributed by atoms with Gasteiger partial charge < -0.3 is 25.7 Å². The second kappa shape index (κ2) is 11.2. The van der Waals surface area contributed by atoms with Crippen LogP contribution in [0.4, 0.5) is 10.8 Å². The number of nitrogens with zero attached hydrogens (tertiary/aromatic N) is 2. The Bertz CT molecular complexity index is 1220. The topological polar surface area (TPSA) is 115 Å². The quantitative estimate of drug-likeness (QED) is 0.371. The zero-order valence-corrected chi connectivity index (χ0v) is 21.3. The number of aliphatic hydroxyl groups excluding tert-OH is 2. The molecular weight excluding hydrogens is 476 g/mol. The Morgan fingerprint density at radius 2 is 1.89 bits per heavy atom. The molecule has 4 rings (SSSR count). The molecule has 190 valence electrons. The van der Waals surface area contributed by atoms with E-state index < -0.39 is 5.41 Å². The van der Waals surface area contributed by atoms with E-state index in [1.165, 1.54) is 11.3 Å². The Balaban J connectivity index is 1.33. The van der Waals surface area contributed by atoms with E-state index in [1.54, 1.807) is 18.2 Å². The summed E-state index contributed by atoms with van der Waals surface area (Å²) >= 11 is 1.33. The van der Waals surface area contributed by atoms with Crippen LogP contribution >= 0.6 is 11.3 Å². The highest BCUT2D eigenvalue weighted by Crippen LogP contribution is 2.29. The van der Waals surface area contributed by atoms with E-state index in [0.717, 1.165) is 48.4 Å². The minimum Gasteiger partial charge on any atom is -0.395 e. The van der Waals surface area contributed by atoms with Crippen molar-refractivity contribution in [3.8, 4) is 11.3 Å². The van der Waals surface area contributed by atoms with E-state index in [0.29, 0.717) is 10.7 Å². The van der Waals surface area contributed by atoms with Crippen molar-refractivity contribution in [3.63, 3.8) is 0 Å². The summed E-state index contributed by atoms with van der Waals surface area (Å²) in [5.41, 5.74) is 3.62. The van der Waals surface area contributed by atoms with Crippen molar-refractivity contribution in [2.75, 3.05) is 36.5 Å². The molecule has 4 N–H and O–H groups in total. The molecule has 1 aliphatic heterocycles. The maximum atomic E-state index is 12.6. The number of benzene rings is 2. The summed E-state index contributed by atoms with van der Waals surface area (Å²) < 4.78 is 0. The summed E-state index contributed by atoms with van der Waals surface area (Å²) in [5, 5.41) is 27.1. The van der Waals surface area contributed by atoms with Crippen molar-refractivity contribution in [3.05, 3.63) is 65.0 Å². The molecule has 1 fully saturated rings. The molecule has 1 aromatic heterocycles. The molecule has 0 bridgehead atoms. The van der Waals surface area contributed by atoms with Crippen LogP contribution in [-0.2, 0) is 10.2 Å². The molecular formula is C27H32N4O4S. The van der Waals surface area contributed by atoms with Crippen LogP contribution in [0.5, 0.6) is 0 Å². The molecule has 8 nitrogen and oxygen atoms in total. The average molecular weight is 509 g/mol. The van der Waals surface area contributed by atoms with E-state index in [-0.39, 0.29) is 31.1 Å². The summed E-state index contributed by atoms with van der Waals surface area (Å²) in [7, 11) is 0. The molecule has 0 radical (unpaired) electrons. The van der Waals surface area contributed by atoms with Gasteiger partial charge >= 0.3 is 0 Å². The fourth-order valence-electron chi connectivity index (χ4n) is 4.05.